The van der Waals surface area contributed by atoms with Gasteiger partial charge in [-0.1, -0.05) is 13.8 Å². The zero-order valence-corrected chi connectivity index (χ0v) is 12.4. The van der Waals surface area contributed by atoms with Gasteiger partial charge in [-0.15, -0.1) is 0 Å². The van der Waals surface area contributed by atoms with Crippen LogP contribution in [0.5, 0.6) is 0 Å². The molecule has 0 spiro atoms. The van der Waals surface area contributed by atoms with E-state index in [4.69, 9.17) is 5.11 Å². The number of carbonyl (C=O) groups is 2. The van der Waals surface area contributed by atoms with Crippen LogP contribution in [0.25, 0.3) is 0 Å². The Morgan fingerprint density at radius 3 is 2.55 bits per heavy atom. The lowest BCUT2D eigenvalue weighted by Crippen LogP contribution is -2.43. The maximum atomic E-state index is 12.1. The Kier molecular flexibility index (Phi) is 4.52. The summed E-state index contributed by atoms with van der Waals surface area (Å²) in [7, 11) is 0. The van der Waals surface area contributed by atoms with Crippen molar-refractivity contribution in [2.24, 2.45) is 11.3 Å². The number of hydrogen-bond donors (Lipinski definition) is 2. The van der Waals surface area contributed by atoms with Crippen LogP contribution in [0.1, 0.15) is 26.7 Å². The van der Waals surface area contributed by atoms with E-state index in [0.29, 0.717) is 31.0 Å². The molecule has 2 fully saturated rings. The second-order valence-electron chi connectivity index (χ2n) is 6.59. The Morgan fingerprint density at radius 2 is 1.95 bits per heavy atom. The molecule has 1 saturated heterocycles. The molecule has 114 valence electrons. The molecule has 0 radical (unpaired) electrons. The van der Waals surface area contributed by atoms with Gasteiger partial charge in [0.1, 0.15) is 0 Å². The fraction of sp³-hybridized carbons (Fsp3) is 0.857. The number of rotatable bonds is 4. The molecular formula is C14H25N3O3. The Morgan fingerprint density at radius 1 is 1.25 bits per heavy atom. The molecule has 20 heavy (non-hydrogen) atoms. The molecule has 6 nitrogen and oxygen atoms in total. The summed E-state index contributed by atoms with van der Waals surface area (Å²) >= 11 is 0. The predicted molar refractivity (Wildman–Crippen MR) is 75.6 cm³/mol. The van der Waals surface area contributed by atoms with E-state index in [0.717, 1.165) is 19.5 Å². The number of carboxylic acid groups (broad SMARTS) is 1. The monoisotopic (exact) mass is 283 g/mol. The lowest BCUT2D eigenvalue weighted by Gasteiger charge is -2.21. The molecule has 1 saturated carbocycles. The molecule has 2 amide bonds. The minimum absolute atomic E-state index is 0.00937. The van der Waals surface area contributed by atoms with Crippen LogP contribution in [0, 0.1) is 11.3 Å². The van der Waals surface area contributed by atoms with E-state index < -0.39 is 5.97 Å². The molecule has 1 aliphatic heterocycles. The van der Waals surface area contributed by atoms with Crippen molar-refractivity contribution in [2.45, 2.75) is 26.7 Å². The van der Waals surface area contributed by atoms with Crippen LogP contribution < -0.4 is 5.32 Å². The summed E-state index contributed by atoms with van der Waals surface area (Å²) in [5.74, 6) is -0.208. The number of urea groups is 1. The third kappa shape index (κ3) is 4.10. The van der Waals surface area contributed by atoms with Crippen LogP contribution in [0.15, 0.2) is 0 Å². The molecule has 2 N–H and O–H groups in total. The van der Waals surface area contributed by atoms with E-state index in [1.54, 1.807) is 4.90 Å². The average molecular weight is 283 g/mol. The summed E-state index contributed by atoms with van der Waals surface area (Å²) in [5.41, 5.74) is 0.379. The van der Waals surface area contributed by atoms with Crippen LogP contribution >= 0.6 is 0 Å². The number of carbonyl (C=O) groups excluding carboxylic acids is 1. The molecule has 2 aliphatic rings. The van der Waals surface area contributed by atoms with Crippen LogP contribution in [-0.4, -0.2) is 66.2 Å². The number of aliphatic carboxylic acids is 1. The van der Waals surface area contributed by atoms with Crippen molar-refractivity contribution in [3.05, 3.63) is 0 Å². The molecule has 1 aliphatic carbocycles. The van der Waals surface area contributed by atoms with Gasteiger partial charge in [0.05, 0.1) is 6.54 Å². The van der Waals surface area contributed by atoms with Crippen molar-refractivity contribution in [1.29, 1.82) is 0 Å². The average Bonchev–Trinajstić information content (AvgIpc) is 3.02. The zero-order valence-electron chi connectivity index (χ0n) is 12.4. The SMILES string of the molecule is CC1(C)CC1CNC(=O)N1CCCN(CC(=O)O)CC1. The smallest absolute Gasteiger partial charge is 0.317 e. The molecule has 6 heteroatoms. The standard InChI is InChI=1S/C14H25N3O3/c1-14(2)8-11(14)9-15-13(20)17-5-3-4-16(6-7-17)10-12(18)19/h11H,3-10H2,1-2H3,(H,15,20)(H,18,19). The molecule has 0 aromatic carbocycles. The van der Waals surface area contributed by atoms with Gasteiger partial charge in [-0.2, -0.15) is 0 Å². The predicted octanol–water partition coefficient (Wildman–Crippen LogP) is 0.834. The molecule has 1 heterocycles. The van der Waals surface area contributed by atoms with Gasteiger partial charge in [-0.25, -0.2) is 4.79 Å². The first-order valence-electron chi connectivity index (χ1n) is 7.35. The summed E-state index contributed by atoms with van der Waals surface area (Å²) in [6, 6.07) is -0.00937. The summed E-state index contributed by atoms with van der Waals surface area (Å²) in [6.45, 7) is 7.94. The van der Waals surface area contributed by atoms with E-state index in [9.17, 15) is 9.59 Å². The highest BCUT2D eigenvalue weighted by Crippen LogP contribution is 2.50. The summed E-state index contributed by atoms with van der Waals surface area (Å²) in [5, 5.41) is 11.8. The largest absolute Gasteiger partial charge is 0.480 e. The van der Waals surface area contributed by atoms with E-state index in [1.807, 2.05) is 4.90 Å². The minimum atomic E-state index is -0.807. The van der Waals surface area contributed by atoms with Gasteiger partial charge in [-0.05, 0) is 24.2 Å². The molecule has 0 aromatic heterocycles. The topological polar surface area (TPSA) is 72.9 Å². The normalized spacial score (nSPS) is 25.9. The second kappa shape index (κ2) is 5.99. The van der Waals surface area contributed by atoms with Gasteiger partial charge in [0.15, 0.2) is 0 Å². The van der Waals surface area contributed by atoms with Crippen molar-refractivity contribution in [3.63, 3.8) is 0 Å². The number of hydrogen-bond acceptors (Lipinski definition) is 3. The van der Waals surface area contributed by atoms with Gasteiger partial charge in [0.2, 0.25) is 0 Å². The van der Waals surface area contributed by atoms with E-state index in [1.165, 1.54) is 6.42 Å². The lowest BCUT2D eigenvalue weighted by molar-refractivity contribution is -0.138. The van der Waals surface area contributed by atoms with Crippen molar-refractivity contribution in [3.8, 4) is 0 Å². The Hall–Kier alpha value is -1.30. The van der Waals surface area contributed by atoms with Crippen molar-refractivity contribution < 1.29 is 14.7 Å². The van der Waals surface area contributed by atoms with Gasteiger partial charge in [0, 0.05) is 32.7 Å². The quantitative estimate of drug-likeness (QED) is 0.802. The molecule has 2 rings (SSSR count). The fourth-order valence-electron chi connectivity index (χ4n) is 2.77. The maximum Gasteiger partial charge on any atom is 0.317 e. The Balaban J connectivity index is 1.72. The van der Waals surface area contributed by atoms with Gasteiger partial charge >= 0.3 is 12.0 Å². The fourth-order valence-corrected chi connectivity index (χ4v) is 2.77. The third-order valence-corrected chi connectivity index (χ3v) is 4.45. The number of carboxylic acids is 1. The summed E-state index contributed by atoms with van der Waals surface area (Å²) < 4.78 is 0. The first-order chi connectivity index (χ1) is 9.38. The second-order valence-corrected chi connectivity index (χ2v) is 6.59. The van der Waals surface area contributed by atoms with Gasteiger partial charge < -0.3 is 15.3 Å². The number of nitrogens with one attached hydrogen (secondary N) is 1. The number of nitrogens with zero attached hydrogens (tertiary/aromatic N) is 2. The van der Waals surface area contributed by atoms with E-state index in [-0.39, 0.29) is 12.6 Å². The summed E-state index contributed by atoms with van der Waals surface area (Å²) in [6.07, 6.45) is 2.01. The van der Waals surface area contributed by atoms with Crippen molar-refractivity contribution in [1.82, 2.24) is 15.1 Å². The highest BCUT2D eigenvalue weighted by Gasteiger charge is 2.45. The molecular weight excluding hydrogens is 258 g/mol. The molecule has 1 atom stereocenters. The number of amides is 2. The van der Waals surface area contributed by atoms with Crippen LogP contribution in [0.2, 0.25) is 0 Å². The van der Waals surface area contributed by atoms with Crippen molar-refractivity contribution in [2.75, 3.05) is 39.3 Å². The molecule has 0 bridgehead atoms. The van der Waals surface area contributed by atoms with Crippen LogP contribution in [-0.2, 0) is 4.79 Å². The van der Waals surface area contributed by atoms with E-state index >= 15 is 0 Å². The first-order valence-corrected chi connectivity index (χ1v) is 7.35. The van der Waals surface area contributed by atoms with Gasteiger partial charge in [-0.3, -0.25) is 9.69 Å². The molecule has 1 unspecified atom stereocenters. The van der Waals surface area contributed by atoms with Crippen LogP contribution in [0.4, 0.5) is 4.79 Å². The zero-order chi connectivity index (χ0) is 14.8. The summed E-state index contributed by atoms with van der Waals surface area (Å²) in [4.78, 5) is 26.5. The van der Waals surface area contributed by atoms with Crippen molar-refractivity contribution >= 4 is 12.0 Å². The third-order valence-electron chi connectivity index (χ3n) is 4.45. The minimum Gasteiger partial charge on any atom is -0.480 e. The highest BCUT2D eigenvalue weighted by molar-refractivity contribution is 5.74. The van der Waals surface area contributed by atoms with Gasteiger partial charge in [0.25, 0.3) is 0 Å². The van der Waals surface area contributed by atoms with Crippen LogP contribution in [0.3, 0.4) is 0 Å². The first kappa shape index (κ1) is 15.1. The van der Waals surface area contributed by atoms with E-state index in [2.05, 4.69) is 19.2 Å². The maximum absolute atomic E-state index is 12.1. The Bertz CT molecular complexity index is 384. The molecule has 0 aromatic rings. The Labute approximate surface area is 120 Å². The lowest BCUT2D eigenvalue weighted by atomic mass is 10.1. The highest BCUT2D eigenvalue weighted by atomic mass is 16.4.